The lowest BCUT2D eigenvalue weighted by Crippen LogP contribution is -2.67. The van der Waals surface area contributed by atoms with Crippen molar-refractivity contribution in [3.8, 4) is 0 Å². The van der Waals surface area contributed by atoms with E-state index < -0.39 is 14.6 Å². The molecule has 2 saturated heterocycles. The standard InChI is InChI=1S/C18H23N5O4S/c1-22-8-14(19-11-22)17(24)23-9-18(10-23)13(6-7-28(18,25)26)16-20-15(21-27-16)12-4-2-3-5-12/h8,11-13H,2-7,9-10H2,1H3. The molecule has 1 spiro atoms. The molecule has 2 aromatic heterocycles. The van der Waals surface area contributed by atoms with Crippen LogP contribution in [-0.2, 0) is 16.9 Å². The van der Waals surface area contributed by atoms with E-state index in [4.69, 9.17) is 4.52 Å². The molecule has 5 rings (SSSR count). The van der Waals surface area contributed by atoms with Gasteiger partial charge in [-0.15, -0.1) is 0 Å². The highest BCUT2D eigenvalue weighted by atomic mass is 32.2. The molecule has 150 valence electrons. The Labute approximate surface area is 163 Å². The minimum atomic E-state index is -3.35. The van der Waals surface area contributed by atoms with Gasteiger partial charge in [-0.1, -0.05) is 18.0 Å². The van der Waals surface area contributed by atoms with Crippen LogP contribution in [0.4, 0.5) is 0 Å². The second-order valence-corrected chi connectivity index (χ2v) is 10.7. The Kier molecular flexibility index (Phi) is 3.91. The molecular weight excluding hydrogens is 382 g/mol. The van der Waals surface area contributed by atoms with E-state index in [0.717, 1.165) is 12.8 Å². The van der Waals surface area contributed by atoms with E-state index in [0.29, 0.717) is 29.7 Å². The highest BCUT2D eigenvalue weighted by molar-refractivity contribution is 7.93. The van der Waals surface area contributed by atoms with Crippen molar-refractivity contribution in [3.63, 3.8) is 0 Å². The van der Waals surface area contributed by atoms with Gasteiger partial charge < -0.3 is 14.0 Å². The molecule has 1 atom stereocenters. The third-order valence-corrected chi connectivity index (χ3v) is 9.09. The lowest BCUT2D eigenvalue weighted by molar-refractivity contribution is 0.0498. The van der Waals surface area contributed by atoms with Crippen LogP contribution in [0.3, 0.4) is 0 Å². The molecule has 9 nitrogen and oxygen atoms in total. The van der Waals surface area contributed by atoms with Crippen molar-refractivity contribution in [1.82, 2.24) is 24.6 Å². The van der Waals surface area contributed by atoms with Gasteiger partial charge in [0.25, 0.3) is 5.91 Å². The second-order valence-electron chi connectivity index (χ2n) is 8.28. The molecular formula is C18H23N5O4S. The van der Waals surface area contributed by atoms with Crippen LogP contribution in [0.25, 0.3) is 0 Å². The molecule has 3 aliphatic rings. The van der Waals surface area contributed by atoms with Crippen LogP contribution in [0.2, 0.25) is 0 Å². The van der Waals surface area contributed by atoms with Gasteiger partial charge in [-0.05, 0) is 19.3 Å². The number of sulfone groups is 1. The Morgan fingerprint density at radius 3 is 2.68 bits per heavy atom. The van der Waals surface area contributed by atoms with Crippen molar-refractivity contribution in [2.24, 2.45) is 7.05 Å². The molecule has 28 heavy (non-hydrogen) atoms. The summed E-state index contributed by atoms with van der Waals surface area (Å²) >= 11 is 0. The number of aryl methyl sites for hydroxylation is 1. The third kappa shape index (κ3) is 2.53. The summed E-state index contributed by atoms with van der Waals surface area (Å²) in [5.41, 5.74) is 0.325. The maximum atomic E-state index is 12.9. The summed E-state index contributed by atoms with van der Waals surface area (Å²) in [5.74, 6) is 0.914. The number of carbonyl (C=O) groups is 1. The van der Waals surface area contributed by atoms with E-state index in [2.05, 4.69) is 15.1 Å². The Morgan fingerprint density at radius 1 is 1.25 bits per heavy atom. The van der Waals surface area contributed by atoms with Gasteiger partial charge in [0.2, 0.25) is 5.89 Å². The van der Waals surface area contributed by atoms with Gasteiger partial charge in [0, 0.05) is 32.3 Å². The molecule has 2 aromatic rings. The smallest absolute Gasteiger partial charge is 0.274 e. The lowest BCUT2D eigenvalue weighted by Gasteiger charge is -2.48. The summed E-state index contributed by atoms with van der Waals surface area (Å²) < 4.78 is 32.0. The monoisotopic (exact) mass is 405 g/mol. The number of rotatable bonds is 3. The van der Waals surface area contributed by atoms with Gasteiger partial charge in [0.1, 0.15) is 10.4 Å². The molecule has 0 bridgehead atoms. The van der Waals surface area contributed by atoms with Crippen LogP contribution in [0, 0.1) is 0 Å². The minimum absolute atomic E-state index is 0.0877. The Balaban J connectivity index is 1.39. The highest BCUT2D eigenvalue weighted by Gasteiger charge is 2.64. The van der Waals surface area contributed by atoms with Crippen molar-refractivity contribution in [1.29, 1.82) is 0 Å². The number of amides is 1. The maximum Gasteiger partial charge on any atom is 0.274 e. The van der Waals surface area contributed by atoms with Crippen LogP contribution in [0.15, 0.2) is 17.0 Å². The number of nitrogens with zero attached hydrogens (tertiary/aromatic N) is 5. The van der Waals surface area contributed by atoms with E-state index >= 15 is 0 Å². The molecule has 0 radical (unpaired) electrons. The van der Waals surface area contributed by atoms with E-state index in [1.807, 2.05) is 0 Å². The van der Waals surface area contributed by atoms with E-state index in [-0.39, 0.29) is 30.7 Å². The van der Waals surface area contributed by atoms with Crippen molar-refractivity contribution < 1.29 is 17.7 Å². The number of hydrogen-bond donors (Lipinski definition) is 0. The fourth-order valence-corrected chi connectivity index (χ4v) is 7.20. The summed E-state index contributed by atoms with van der Waals surface area (Å²) in [6, 6.07) is 0. The van der Waals surface area contributed by atoms with Gasteiger partial charge in [0.15, 0.2) is 15.7 Å². The van der Waals surface area contributed by atoms with E-state index in [9.17, 15) is 13.2 Å². The molecule has 0 aromatic carbocycles. The number of imidazole rings is 1. The normalized spacial score (nSPS) is 26.0. The van der Waals surface area contributed by atoms with Crippen LogP contribution < -0.4 is 0 Å². The summed E-state index contributed by atoms with van der Waals surface area (Å²) in [7, 11) is -1.56. The van der Waals surface area contributed by atoms with E-state index in [1.54, 1.807) is 29.0 Å². The number of likely N-dealkylation sites (tertiary alicyclic amines) is 1. The van der Waals surface area contributed by atoms with Gasteiger partial charge in [-0.2, -0.15) is 4.98 Å². The molecule has 10 heteroatoms. The topological polar surface area (TPSA) is 111 Å². The summed E-state index contributed by atoms with van der Waals surface area (Å²) in [4.78, 5) is 22.8. The van der Waals surface area contributed by atoms with Crippen molar-refractivity contribution in [2.75, 3.05) is 18.8 Å². The first-order chi connectivity index (χ1) is 13.4. The fourth-order valence-electron chi connectivity index (χ4n) is 4.89. The fraction of sp³-hybridized carbons (Fsp3) is 0.667. The molecule has 1 unspecified atom stereocenters. The molecule has 2 aliphatic heterocycles. The molecule has 1 saturated carbocycles. The molecule has 0 N–H and O–H groups in total. The van der Waals surface area contributed by atoms with Gasteiger partial charge in [0.05, 0.1) is 18.0 Å². The quantitative estimate of drug-likeness (QED) is 0.756. The summed E-state index contributed by atoms with van der Waals surface area (Å²) in [5, 5.41) is 4.14. The molecule has 3 fully saturated rings. The highest BCUT2D eigenvalue weighted by Crippen LogP contribution is 2.50. The molecule has 1 aliphatic carbocycles. The molecule has 1 amide bonds. The zero-order chi connectivity index (χ0) is 19.5. The Morgan fingerprint density at radius 2 is 2.00 bits per heavy atom. The largest absolute Gasteiger partial charge is 0.340 e. The number of carbonyl (C=O) groups excluding carboxylic acids is 1. The van der Waals surface area contributed by atoms with Crippen molar-refractivity contribution in [2.45, 2.75) is 48.7 Å². The van der Waals surface area contributed by atoms with Gasteiger partial charge >= 0.3 is 0 Å². The number of hydrogen-bond acceptors (Lipinski definition) is 7. The Bertz CT molecular complexity index is 1010. The summed E-state index contributed by atoms with van der Waals surface area (Å²) in [6.07, 6.45) is 8.10. The SMILES string of the molecule is Cn1cnc(C(=O)N2CC3(C2)C(c2nc(C4CCCC4)no2)CCS3(=O)=O)c1. The predicted molar refractivity (Wildman–Crippen MR) is 98.5 cm³/mol. The first-order valence-corrected chi connectivity index (χ1v) is 11.4. The zero-order valence-corrected chi connectivity index (χ0v) is 16.6. The maximum absolute atomic E-state index is 12.9. The van der Waals surface area contributed by atoms with Crippen LogP contribution in [0.1, 0.15) is 66.1 Å². The van der Waals surface area contributed by atoms with Gasteiger partial charge in [-0.25, -0.2) is 13.4 Å². The van der Waals surface area contributed by atoms with Gasteiger partial charge in [-0.3, -0.25) is 4.79 Å². The molecule has 4 heterocycles. The van der Waals surface area contributed by atoms with Crippen LogP contribution >= 0.6 is 0 Å². The average molecular weight is 405 g/mol. The number of aromatic nitrogens is 4. The third-order valence-electron chi connectivity index (χ3n) is 6.53. The van der Waals surface area contributed by atoms with Crippen molar-refractivity contribution >= 4 is 15.7 Å². The predicted octanol–water partition coefficient (Wildman–Crippen LogP) is 1.26. The minimum Gasteiger partial charge on any atom is -0.340 e. The zero-order valence-electron chi connectivity index (χ0n) is 15.7. The van der Waals surface area contributed by atoms with Crippen molar-refractivity contribution in [3.05, 3.63) is 29.9 Å². The Hall–Kier alpha value is -2.23. The second kappa shape index (κ2) is 6.13. The average Bonchev–Trinajstić information content (AvgIpc) is 3.38. The summed E-state index contributed by atoms with van der Waals surface area (Å²) in [6.45, 7) is 0.299. The van der Waals surface area contributed by atoms with E-state index in [1.165, 1.54) is 12.8 Å². The lowest BCUT2D eigenvalue weighted by atomic mass is 9.83. The first kappa shape index (κ1) is 17.8. The first-order valence-electron chi connectivity index (χ1n) is 9.73. The van der Waals surface area contributed by atoms with Crippen LogP contribution in [0.5, 0.6) is 0 Å². The van der Waals surface area contributed by atoms with Crippen LogP contribution in [-0.4, -0.2) is 62.5 Å².